The largest absolute Gasteiger partial charge is 0.497 e. The maximum Gasteiger partial charge on any atom is 0.282 e. The van der Waals surface area contributed by atoms with Crippen LogP contribution in [0.5, 0.6) is 5.75 Å². The van der Waals surface area contributed by atoms with Crippen molar-refractivity contribution in [3.05, 3.63) is 101 Å². The van der Waals surface area contributed by atoms with Gasteiger partial charge < -0.3 is 10.1 Å². The third kappa shape index (κ3) is 4.29. The van der Waals surface area contributed by atoms with Crippen molar-refractivity contribution in [3.63, 3.8) is 0 Å². The number of rotatable bonds is 6. The maximum absolute atomic E-state index is 14.2. The first kappa shape index (κ1) is 22.8. The summed E-state index contributed by atoms with van der Waals surface area (Å²) >= 11 is 0. The van der Waals surface area contributed by atoms with Gasteiger partial charge in [-0.3, -0.25) is 9.89 Å². The molecule has 0 radical (unpaired) electrons. The molecule has 0 aliphatic heterocycles. The summed E-state index contributed by atoms with van der Waals surface area (Å²) in [5, 5.41) is 6.71. The zero-order valence-corrected chi connectivity index (χ0v) is 20.6. The minimum Gasteiger partial charge on any atom is -0.497 e. The van der Waals surface area contributed by atoms with E-state index in [1.54, 1.807) is 17.8 Å². The van der Waals surface area contributed by atoms with Crippen LogP contribution in [-0.2, 0) is 0 Å². The van der Waals surface area contributed by atoms with Crippen LogP contribution in [0.1, 0.15) is 31.2 Å². The number of fused-ring (bicyclic) bond motifs is 1. The molecule has 0 saturated carbocycles. The second-order valence-electron chi connectivity index (χ2n) is 9.07. The van der Waals surface area contributed by atoms with E-state index < -0.39 is 0 Å². The first-order valence-corrected chi connectivity index (χ1v) is 12.5. The molecule has 0 fully saturated rings. The number of nitrogens with one attached hydrogen (secondary N) is 2. The maximum atomic E-state index is 14.2. The van der Waals surface area contributed by atoms with Gasteiger partial charge in [0.25, 0.3) is 5.56 Å². The van der Waals surface area contributed by atoms with Crippen LogP contribution in [0.2, 0.25) is 0 Å². The van der Waals surface area contributed by atoms with Gasteiger partial charge in [0.05, 0.1) is 18.4 Å². The molecule has 2 N–H and O–H groups in total. The molecular formula is C30H27N5O2. The summed E-state index contributed by atoms with van der Waals surface area (Å²) in [4.78, 5) is 23.6. The molecule has 0 unspecified atom stereocenters. The van der Waals surface area contributed by atoms with Gasteiger partial charge in [0.2, 0.25) is 0 Å². The summed E-state index contributed by atoms with van der Waals surface area (Å²) in [6.07, 6.45) is 8.26. The van der Waals surface area contributed by atoms with E-state index in [1.807, 2.05) is 60.7 Å². The summed E-state index contributed by atoms with van der Waals surface area (Å²) in [7, 11) is 1.62. The molecule has 0 saturated heterocycles. The molecule has 3 heterocycles. The molecule has 2 aromatic carbocycles. The highest BCUT2D eigenvalue weighted by molar-refractivity contribution is 5.89. The van der Waals surface area contributed by atoms with E-state index >= 15 is 0 Å². The van der Waals surface area contributed by atoms with Crippen LogP contribution in [0.3, 0.4) is 0 Å². The predicted octanol–water partition coefficient (Wildman–Crippen LogP) is 6.46. The van der Waals surface area contributed by atoms with Gasteiger partial charge >= 0.3 is 0 Å². The Kier molecular flexibility index (Phi) is 6.02. The molecule has 0 bridgehead atoms. The molecule has 7 nitrogen and oxygen atoms in total. The highest BCUT2D eigenvalue weighted by Gasteiger charge is 2.24. The van der Waals surface area contributed by atoms with Crippen LogP contribution in [0.15, 0.2) is 89.9 Å². The van der Waals surface area contributed by atoms with Crippen LogP contribution in [0.25, 0.3) is 33.6 Å². The number of anilines is 2. The van der Waals surface area contributed by atoms with Crippen LogP contribution in [0, 0.1) is 0 Å². The average molecular weight is 490 g/mol. The van der Waals surface area contributed by atoms with Crippen molar-refractivity contribution in [1.29, 1.82) is 0 Å². The Hall–Kier alpha value is -4.65. The molecule has 0 amide bonds. The van der Waals surface area contributed by atoms with Crippen molar-refractivity contribution in [2.75, 3.05) is 12.4 Å². The molecule has 7 heteroatoms. The summed E-state index contributed by atoms with van der Waals surface area (Å²) < 4.78 is 6.91. The third-order valence-corrected chi connectivity index (χ3v) is 6.75. The van der Waals surface area contributed by atoms with Crippen molar-refractivity contribution in [1.82, 2.24) is 19.6 Å². The minimum absolute atomic E-state index is 0.187. The monoisotopic (exact) mass is 489 g/mol. The number of benzene rings is 2. The second kappa shape index (κ2) is 9.78. The standard InChI is InChI=1S/C30H27N5O2/c1-37-23-17-15-21(16-18-23)26-28(32-24-14-8-9-19-31-24)33-29-25(20-10-4-2-5-11-20)27(34-35(29)30(26)36)22-12-6-3-7-13-22/h3,6-10,12-19,34H,2,4-5,11H2,1H3,(H,31,32). The van der Waals surface area contributed by atoms with E-state index in [0.717, 1.165) is 47.4 Å². The topological polar surface area (TPSA) is 84.3 Å². The van der Waals surface area contributed by atoms with E-state index in [2.05, 4.69) is 33.6 Å². The molecule has 5 aromatic rings. The van der Waals surface area contributed by atoms with E-state index in [-0.39, 0.29) is 5.56 Å². The lowest BCUT2D eigenvalue weighted by molar-refractivity contribution is 0.415. The van der Waals surface area contributed by atoms with Gasteiger partial charge in [0.1, 0.15) is 17.4 Å². The number of aromatic nitrogens is 4. The SMILES string of the molecule is COc1ccc(-c2c(Nc3ccccn3)nc3c(C4=CCCCC4)c(-c4ccccc4)[nH]n3c2=O)cc1. The smallest absolute Gasteiger partial charge is 0.282 e. The Bertz CT molecular complexity index is 1640. The lowest BCUT2D eigenvalue weighted by Crippen LogP contribution is -2.20. The van der Waals surface area contributed by atoms with Gasteiger partial charge in [-0.1, -0.05) is 54.6 Å². The van der Waals surface area contributed by atoms with Gasteiger partial charge in [-0.2, -0.15) is 4.52 Å². The Morgan fingerprint density at radius 3 is 2.43 bits per heavy atom. The minimum atomic E-state index is -0.187. The molecule has 3 aromatic heterocycles. The van der Waals surface area contributed by atoms with Crippen LogP contribution < -0.4 is 15.6 Å². The Labute approximate surface area is 214 Å². The van der Waals surface area contributed by atoms with Gasteiger partial charge in [-0.05, 0) is 61.1 Å². The van der Waals surface area contributed by atoms with Gasteiger partial charge in [0.15, 0.2) is 5.65 Å². The van der Waals surface area contributed by atoms with Crippen molar-refractivity contribution in [2.45, 2.75) is 25.7 Å². The normalized spacial score (nSPS) is 13.4. The van der Waals surface area contributed by atoms with E-state index in [4.69, 9.17) is 9.72 Å². The van der Waals surface area contributed by atoms with Crippen molar-refractivity contribution in [3.8, 4) is 28.1 Å². The van der Waals surface area contributed by atoms with Gasteiger partial charge in [-0.25, -0.2) is 9.97 Å². The molecule has 0 atom stereocenters. The quantitative estimate of drug-likeness (QED) is 0.286. The first-order valence-electron chi connectivity index (χ1n) is 12.5. The Balaban J connectivity index is 1.65. The van der Waals surface area contributed by atoms with Crippen LogP contribution in [0.4, 0.5) is 11.6 Å². The fourth-order valence-corrected chi connectivity index (χ4v) is 4.92. The second-order valence-corrected chi connectivity index (χ2v) is 9.07. The van der Waals surface area contributed by atoms with Crippen LogP contribution >= 0.6 is 0 Å². The molecule has 0 spiro atoms. The number of H-pyrrole nitrogens is 1. The Morgan fingerprint density at radius 1 is 0.919 bits per heavy atom. The molecule has 6 rings (SSSR count). The molecule has 184 valence electrons. The average Bonchev–Trinajstić information content (AvgIpc) is 3.35. The van der Waals surface area contributed by atoms with Crippen molar-refractivity contribution in [2.24, 2.45) is 0 Å². The molecule has 1 aliphatic carbocycles. The highest BCUT2D eigenvalue weighted by atomic mass is 16.5. The lowest BCUT2D eigenvalue weighted by Gasteiger charge is -2.15. The van der Waals surface area contributed by atoms with Gasteiger partial charge in [0, 0.05) is 17.3 Å². The van der Waals surface area contributed by atoms with E-state index in [9.17, 15) is 4.79 Å². The molecular weight excluding hydrogens is 462 g/mol. The summed E-state index contributed by atoms with van der Waals surface area (Å²) in [5.74, 6) is 1.80. The molecule has 37 heavy (non-hydrogen) atoms. The Morgan fingerprint density at radius 2 is 1.73 bits per heavy atom. The number of aromatic amines is 1. The number of nitrogens with zero attached hydrogens (tertiary/aromatic N) is 3. The number of hydrogen-bond acceptors (Lipinski definition) is 5. The number of allylic oxidation sites excluding steroid dienone is 2. The predicted molar refractivity (Wildman–Crippen MR) is 147 cm³/mol. The zero-order valence-electron chi connectivity index (χ0n) is 20.6. The van der Waals surface area contributed by atoms with Crippen LogP contribution in [-0.4, -0.2) is 26.7 Å². The van der Waals surface area contributed by atoms with Crippen molar-refractivity contribution < 1.29 is 4.74 Å². The number of pyridine rings is 1. The summed E-state index contributed by atoms with van der Waals surface area (Å²) in [6.45, 7) is 0. The fourth-order valence-electron chi connectivity index (χ4n) is 4.92. The number of hydrogen-bond donors (Lipinski definition) is 2. The van der Waals surface area contributed by atoms with Crippen molar-refractivity contribution >= 4 is 22.9 Å². The van der Waals surface area contributed by atoms with Gasteiger partial charge in [-0.15, -0.1) is 0 Å². The summed E-state index contributed by atoms with van der Waals surface area (Å²) in [5.41, 5.74) is 5.72. The number of methoxy groups -OCH3 is 1. The fraction of sp³-hybridized carbons (Fsp3) is 0.167. The number of ether oxygens (including phenoxy) is 1. The van der Waals surface area contributed by atoms with E-state index in [1.165, 1.54) is 12.0 Å². The molecule has 1 aliphatic rings. The lowest BCUT2D eigenvalue weighted by atomic mass is 9.92. The third-order valence-electron chi connectivity index (χ3n) is 6.75. The first-order chi connectivity index (χ1) is 18.2. The zero-order chi connectivity index (χ0) is 25.2. The highest BCUT2D eigenvalue weighted by Crippen LogP contribution is 2.37. The van der Waals surface area contributed by atoms with E-state index in [0.29, 0.717) is 22.8 Å². The summed E-state index contributed by atoms with van der Waals surface area (Å²) in [6, 6.07) is 23.2.